The lowest BCUT2D eigenvalue weighted by molar-refractivity contribution is 0.0718. The largest absolute Gasteiger partial charge is 0.360 e. The highest BCUT2D eigenvalue weighted by Gasteiger charge is 2.43. The van der Waals surface area contributed by atoms with Crippen molar-refractivity contribution in [2.75, 3.05) is 23.7 Å². The second-order valence-corrected chi connectivity index (χ2v) is 13.7. The van der Waals surface area contributed by atoms with Gasteiger partial charge in [-0.2, -0.15) is 0 Å². The SMILES string of the molecule is CCn1cnc2cc(S(=O)(=O)CC(C)(C)C)cc(N3[C@@H]4CC[C@H]3CN(C(=O)c3ccc(F)cc3Cl)C4)c21. The molecule has 0 N–H and O–H groups in total. The van der Waals surface area contributed by atoms with Crippen molar-refractivity contribution in [3.05, 3.63) is 53.1 Å². The van der Waals surface area contributed by atoms with Gasteiger partial charge in [-0.25, -0.2) is 17.8 Å². The van der Waals surface area contributed by atoms with Crippen LogP contribution < -0.4 is 4.90 Å². The van der Waals surface area contributed by atoms with Gasteiger partial charge in [0.1, 0.15) is 5.82 Å². The number of aryl methyl sites for hydroxylation is 1. The maximum absolute atomic E-state index is 13.5. The summed E-state index contributed by atoms with van der Waals surface area (Å²) < 4.78 is 42.4. The molecule has 2 fully saturated rings. The first-order valence-corrected chi connectivity index (χ1v) is 14.7. The molecular weight excluding hydrogens is 515 g/mol. The minimum atomic E-state index is -3.54. The Morgan fingerprint density at radius 3 is 2.41 bits per heavy atom. The number of amides is 1. The average molecular weight is 547 g/mol. The monoisotopic (exact) mass is 546 g/mol. The molecule has 2 saturated heterocycles. The van der Waals surface area contributed by atoms with Crippen molar-refractivity contribution in [3.8, 4) is 0 Å². The predicted molar refractivity (Wildman–Crippen MR) is 144 cm³/mol. The molecule has 3 aromatic rings. The third kappa shape index (κ3) is 4.83. The van der Waals surface area contributed by atoms with Gasteiger partial charge in [-0.15, -0.1) is 0 Å². The van der Waals surface area contributed by atoms with Gasteiger partial charge >= 0.3 is 0 Å². The van der Waals surface area contributed by atoms with Crippen LogP contribution in [0.15, 0.2) is 41.6 Å². The van der Waals surface area contributed by atoms with Crippen molar-refractivity contribution >= 4 is 44.1 Å². The van der Waals surface area contributed by atoms with Crippen LogP contribution >= 0.6 is 11.6 Å². The van der Waals surface area contributed by atoms with E-state index in [1.807, 2.05) is 32.3 Å². The summed E-state index contributed by atoms with van der Waals surface area (Å²) in [5, 5.41) is 0.102. The normalized spacial score (nSPS) is 20.2. The van der Waals surface area contributed by atoms with E-state index in [1.165, 1.54) is 12.1 Å². The standard InChI is InChI=1S/C27H32ClFN4O3S/c1-5-31-16-30-23-11-20(37(35,36)15-27(2,3)4)12-24(25(23)31)33-18-7-8-19(33)14-32(13-18)26(34)21-9-6-17(29)10-22(21)28/h6,9-12,16,18-19H,5,7-8,13-15H2,1-4H3/t18-,19+. The van der Waals surface area contributed by atoms with Gasteiger partial charge in [0, 0.05) is 31.7 Å². The molecule has 2 aliphatic rings. The number of hydrogen-bond acceptors (Lipinski definition) is 5. The van der Waals surface area contributed by atoms with Crippen LogP contribution in [0.4, 0.5) is 10.1 Å². The summed E-state index contributed by atoms with van der Waals surface area (Å²) in [6.07, 6.45) is 3.52. The molecule has 198 valence electrons. The fraction of sp³-hybridized carbons (Fsp3) is 0.481. The summed E-state index contributed by atoms with van der Waals surface area (Å²) in [4.78, 5) is 22.2. The van der Waals surface area contributed by atoms with E-state index in [2.05, 4.69) is 9.88 Å². The Balaban J connectivity index is 1.53. The zero-order chi connectivity index (χ0) is 26.7. The molecule has 0 aliphatic carbocycles. The molecular formula is C27H32ClFN4O3S. The van der Waals surface area contributed by atoms with E-state index in [9.17, 15) is 17.6 Å². The van der Waals surface area contributed by atoms with Crippen LogP contribution in [0.1, 0.15) is 50.9 Å². The second-order valence-electron chi connectivity index (χ2n) is 11.3. The molecule has 10 heteroatoms. The van der Waals surface area contributed by atoms with Crippen molar-refractivity contribution in [1.29, 1.82) is 0 Å². The van der Waals surface area contributed by atoms with Gasteiger partial charge in [-0.3, -0.25) is 4.79 Å². The highest BCUT2D eigenvalue weighted by molar-refractivity contribution is 7.91. The van der Waals surface area contributed by atoms with Crippen molar-refractivity contribution in [2.24, 2.45) is 5.41 Å². The zero-order valence-electron chi connectivity index (χ0n) is 21.5. The van der Waals surface area contributed by atoms with Crippen molar-refractivity contribution in [3.63, 3.8) is 0 Å². The zero-order valence-corrected chi connectivity index (χ0v) is 23.1. The van der Waals surface area contributed by atoms with E-state index in [1.54, 1.807) is 23.4 Å². The molecule has 3 heterocycles. The van der Waals surface area contributed by atoms with Gasteiger partial charge < -0.3 is 14.4 Å². The minimum absolute atomic E-state index is 0.0194. The van der Waals surface area contributed by atoms with Crippen molar-refractivity contribution in [1.82, 2.24) is 14.5 Å². The number of carbonyl (C=O) groups excluding carboxylic acids is 1. The highest BCUT2D eigenvalue weighted by Crippen LogP contribution is 2.41. The summed E-state index contributed by atoms with van der Waals surface area (Å²) >= 11 is 6.18. The summed E-state index contributed by atoms with van der Waals surface area (Å²) in [6.45, 7) is 9.44. The molecule has 2 atom stereocenters. The molecule has 0 spiro atoms. The van der Waals surface area contributed by atoms with Gasteiger partial charge in [0.05, 0.1) is 44.3 Å². The molecule has 2 aromatic carbocycles. The number of piperazine rings is 1. The van der Waals surface area contributed by atoms with E-state index in [0.717, 1.165) is 30.1 Å². The number of aromatic nitrogens is 2. The minimum Gasteiger partial charge on any atom is -0.360 e. The maximum Gasteiger partial charge on any atom is 0.255 e. The van der Waals surface area contributed by atoms with Gasteiger partial charge in [0.25, 0.3) is 5.91 Å². The smallest absolute Gasteiger partial charge is 0.255 e. The molecule has 37 heavy (non-hydrogen) atoms. The number of imidazole rings is 1. The Hall–Kier alpha value is -2.65. The van der Waals surface area contributed by atoms with Crippen LogP contribution in [-0.2, 0) is 16.4 Å². The van der Waals surface area contributed by atoms with Crippen LogP contribution in [0.25, 0.3) is 11.0 Å². The van der Waals surface area contributed by atoms with Crippen LogP contribution in [0.5, 0.6) is 0 Å². The molecule has 2 bridgehead atoms. The Bertz CT molecular complexity index is 1470. The lowest BCUT2D eigenvalue weighted by Crippen LogP contribution is -2.55. The molecule has 0 saturated carbocycles. The molecule has 1 aromatic heterocycles. The lowest BCUT2D eigenvalue weighted by atomic mass is 10.0. The van der Waals surface area contributed by atoms with E-state index in [4.69, 9.17) is 11.6 Å². The van der Waals surface area contributed by atoms with E-state index < -0.39 is 15.7 Å². The third-order valence-electron chi connectivity index (χ3n) is 7.20. The number of likely N-dealkylation sites (tertiary alicyclic amines) is 1. The number of fused-ring (bicyclic) bond motifs is 3. The summed E-state index contributed by atoms with van der Waals surface area (Å²) in [5.74, 6) is -0.663. The number of anilines is 1. The van der Waals surface area contributed by atoms with Crippen molar-refractivity contribution < 1.29 is 17.6 Å². The first-order chi connectivity index (χ1) is 17.4. The topological polar surface area (TPSA) is 75.5 Å². The van der Waals surface area contributed by atoms with Crippen LogP contribution in [-0.4, -0.2) is 59.7 Å². The Labute approximate surface area is 222 Å². The number of sulfone groups is 1. The van der Waals surface area contributed by atoms with Crippen molar-refractivity contribution in [2.45, 2.75) is 64.1 Å². The quantitative estimate of drug-likeness (QED) is 0.442. The number of nitrogens with zero attached hydrogens (tertiary/aromatic N) is 4. The van der Waals surface area contributed by atoms with Crippen LogP contribution in [0.3, 0.4) is 0 Å². The summed E-state index contributed by atoms with van der Waals surface area (Å²) in [5.41, 5.74) is 2.32. The molecule has 0 radical (unpaired) electrons. The molecule has 1 amide bonds. The van der Waals surface area contributed by atoms with Gasteiger partial charge in [-0.05, 0) is 55.5 Å². The maximum atomic E-state index is 13.5. The first kappa shape index (κ1) is 26.0. The molecule has 5 rings (SSSR count). The predicted octanol–water partition coefficient (Wildman–Crippen LogP) is 5.16. The van der Waals surface area contributed by atoms with Crippen LogP contribution in [0.2, 0.25) is 5.02 Å². The number of hydrogen-bond donors (Lipinski definition) is 0. The van der Waals surface area contributed by atoms with Gasteiger partial charge in [0.2, 0.25) is 0 Å². The number of halogens is 2. The Morgan fingerprint density at radius 2 is 1.81 bits per heavy atom. The summed E-state index contributed by atoms with van der Waals surface area (Å²) in [6, 6.07) is 7.36. The Kier molecular flexibility index (Phi) is 6.51. The van der Waals surface area contributed by atoms with Crippen LogP contribution in [0, 0.1) is 11.2 Å². The molecule has 2 aliphatic heterocycles. The molecule has 7 nitrogen and oxygen atoms in total. The number of carbonyl (C=O) groups is 1. The summed E-state index contributed by atoms with van der Waals surface area (Å²) in [7, 11) is -3.54. The van der Waals surface area contributed by atoms with E-state index in [0.29, 0.717) is 25.2 Å². The highest BCUT2D eigenvalue weighted by atomic mass is 35.5. The van der Waals surface area contributed by atoms with Gasteiger partial charge in [0.15, 0.2) is 9.84 Å². The number of benzene rings is 2. The Morgan fingerprint density at radius 1 is 1.14 bits per heavy atom. The lowest BCUT2D eigenvalue weighted by Gasteiger charge is -2.43. The third-order valence-corrected chi connectivity index (χ3v) is 9.71. The fourth-order valence-corrected chi connectivity index (χ4v) is 7.86. The van der Waals surface area contributed by atoms with E-state index in [-0.39, 0.29) is 44.6 Å². The van der Waals surface area contributed by atoms with E-state index >= 15 is 0 Å². The molecule has 0 unspecified atom stereocenters. The average Bonchev–Trinajstić information content (AvgIpc) is 3.34. The second kappa shape index (κ2) is 9.27. The number of rotatable bonds is 5. The fourth-order valence-electron chi connectivity index (χ4n) is 5.73. The first-order valence-electron chi connectivity index (χ1n) is 12.6. The van der Waals surface area contributed by atoms with Gasteiger partial charge in [-0.1, -0.05) is 32.4 Å².